The molecule has 2 aromatic carbocycles. The molecule has 0 saturated heterocycles. The molecule has 0 spiro atoms. The van der Waals surface area contributed by atoms with Gasteiger partial charge in [-0.2, -0.15) is 5.26 Å². The Morgan fingerprint density at radius 2 is 1.90 bits per heavy atom. The molecule has 0 aliphatic rings. The summed E-state index contributed by atoms with van der Waals surface area (Å²) >= 11 is 0. The number of hydrogen-bond acceptors (Lipinski definition) is 5. The SMILES string of the molecule is CCN(CC(=O)Nc1c(F)cccc1F)C(=O)C=Cc1ccc(OCC#N)c(OC)c1. The third kappa shape index (κ3) is 6.54. The summed E-state index contributed by atoms with van der Waals surface area (Å²) in [6.45, 7) is 1.37. The standard InChI is InChI=1S/C22H21F2N3O4/c1-3-27(14-20(28)26-22-16(23)5-4-6-17(22)24)21(29)10-8-15-7-9-18(31-12-11-25)19(13-15)30-2/h4-10,13H,3,12,14H2,1-2H3,(H,26,28). The van der Waals surface area contributed by atoms with Gasteiger partial charge in [-0.15, -0.1) is 0 Å². The third-order valence-electron chi connectivity index (χ3n) is 4.15. The molecule has 0 bridgehead atoms. The van der Waals surface area contributed by atoms with Crippen LogP contribution in [-0.2, 0) is 9.59 Å². The summed E-state index contributed by atoms with van der Waals surface area (Å²) in [5, 5.41) is 10.8. The lowest BCUT2D eigenvalue weighted by molar-refractivity contribution is -0.130. The molecule has 0 atom stereocenters. The molecule has 0 aliphatic carbocycles. The maximum Gasteiger partial charge on any atom is 0.247 e. The summed E-state index contributed by atoms with van der Waals surface area (Å²) < 4.78 is 37.8. The van der Waals surface area contributed by atoms with Crippen LogP contribution in [0, 0.1) is 23.0 Å². The Hall–Kier alpha value is -3.93. The van der Waals surface area contributed by atoms with Gasteiger partial charge >= 0.3 is 0 Å². The first-order valence-electron chi connectivity index (χ1n) is 9.28. The average Bonchev–Trinajstić information content (AvgIpc) is 2.77. The van der Waals surface area contributed by atoms with Crippen molar-refractivity contribution in [3.8, 4) is 17.6 Å². The van der Waals surface area contributed by atoms with E-state index in [1.165, 1.54) is 30.2 Å². The normalized spacial score (nSPS) is 10.4. The second-order valence-electron chi connectivity index (χ2n) is 6.19. The number of nitriles is 1. The molecule has 2 rings (SSSR count). The molecule has 9 heteroatoms. The molecule has 0 heterocycles. The molecule has 2 amide bonds. The zero-order valence-corrected chi connectivity index (χ0v) is 17.0. The number of amides is 2. The van der Waals surface area contributed by atoms with Crippen LogP contribution in [0.1, 0.15) is 12.5 Å². The zero-order valence-electron chi connectivity index (χ0n) is 17.0. The summed E-state index contributed by atoms with van der Waals surface area (Å²) in [4.78, 5) is 25.8. The fourth-order valence-corrected chi connectivity index (χ4v) is 2.61. The van der Waals surface area contributed by atoms with Gasteiger partial charge < -0.3 is 19.7 Å². The van der Waals surface area contributed by atoms with Crippen LogP contribution in [0.2, 0.25) is 0 Å². The van der Waals surface area contributed by atoms with E-state index < -0.39 is 29.1 Å². The Labute approximate surface area is 178 Å². The number of nitrogens with one attached hydrogen (secondary N) is 1. The van der Waals surface area contributed by atoms with Gasteiger partial charge in [0.05, 0.1) is 7.11 Å². The van der Waals surface area contributed by atoms with Crippen LogP contribution in [0.15, 0.2) is 42.5 Å². The van der Waals surface area contributed by atoms with Crippen LogP contribution in [-0.4, -0.2) is 43.5 Å². The van der Waals surface area contributed by atoms with Gasteiger partial charge in [-0.05, 0) is 42.8 Å². The van der Waals surface area contributed by atoms with Crippen LogP contribution in [0.4, 0.5) is 14.5 Å². The van der Waals surface area contributed by atoms with Crippen molar-refractivity contribution in [1.29, 1.82) is 5.26 Å². The van der Waals surface area contributed by atoms with Gasteiger partial charge in [0, 0.05) is 12.6 Å². The first kappa shape index (κ1) is 23.3. The lowest BCUT2D eigenvalue weighted by Gasteiger charge is -2.19. The van der Waals surface area contributed by atoms with Crippen molar-refractivity contribution in [3.63, 3.8) is 0 Å². The van der Waals surface area contributed by atoms with E-state index in [1.807, 2.05) is 6.07 Å². The number of carbonyl (C=O) groups is 2. The van der Waals surface area contributed by atoms with E-state index in [9.17, 15) is 18.4 Å². The summed E-state index contributed by atoms with van der Waals surface area (Å²) in [6.07, 6.45) is 2.79. The topological polar surface area (TPSA) is 91.7 Å². The fourth-order valence-electron chi connectivity index (χ4n) is 2.61. The molecule has 7 nitrogen and oxygen atoms in total. The molecule has 0 saturated carbocycles. The van der Waals surface area contributed by atoms with Gasteiger partial charge in [0.15, 0.2) is 18.1 Å². The smallest absolute Gasteiger partial charge is 0.247 e. The lowest BCUT2D eigenvalue weighted by Crippen LogP contribution is -2.37. The quantitative estimate of drug-likeness (QED) is 0.617. The Morgan fingerprint density at radius 1 is 1.19 bits per heavy atom. The van der Waals surface area contributed by atoms with Crippen molar-refractivity contribution < 1.29 is 27.8 Å². The minimum Gasteiger partial charge on any atom is -0.493 e. The molecular formula is C22H21F2N3O4. The van der Waals surface area contributed by atoms with E-state index in [0.29, 0.717) is 17.1 Å². The van der Waals surface area contributed by atoms with Crippen molar-refractivity contribution in [2.24, 2.45) is 0 Å². The van der Waals surface area contributed by atoms with E-state index in [0.717, 1.165) is 12.1 Å². The van der Waals surface area contributed by atoms with Crippen molar-refractivity contribution in [3.05, 3.63) is 59.7 Å². The zero-order chi connectivity index (χ0) is 22.8. The molecule has 31 heavy (non-hydrogen) atoms. The predicted octanol–water partition coefficient (Wildman–Crippen LogP) is 3.38. The van der Waals surface area contributed by atoms with E-state index in [2.05, 4.69) is 5.32 Å². The van der Waals surface area contributed by atoms with Gasteiger partial charge in [0.25, 0.3) is 0 Å². The molecule has 2 aromatic rings. The first-order chi connectivity index (χ1) is 14.9. The van der Waals surface area contributed by atoms with Crippen molar-refractivity contribution in [1.82, 2.24) is 4.90 Å². The second-order valence-corrected chi connectivity index (χ2v) is 6.19. The number of rotatable bonds is 9. The Kier molecular flexibility index (Phi) is 8.52. The molecule has 0 aromatic heterocycles. The largest absolute Gasteiger partial charge is 0.493 e. The molecule has 0 aliphatic heterocycles. The number of anilines is 1. The van der Waals surface area contributed by atoms with Crippen LogP contribution in [0.25, 0.3) is 6.08 Å². The molecule has 1 N–H and O–H groups in total. The van der Waals surface area contributed by atoms with Crippen LogP contribution in [0.5, 0.6) is 11.5 Å². The molecule has 0 fully saturated rings. The number of para-hydroxylation sites is 1. The highest BCUT2D eigenvalue weighted by molar-refractivity contribution is 5.98. The lowest BCUT2D eigenvalue weighted by atomic mass is 10.2. The number of likely N-dealkylation sites (N-methyl/N-ethyl adjacent to an activating group) is 1. The minimum absolute atomic E-state index is 0.131. The molecule has 0 unspecified atom stereocenters. The number of carbonyl (C=O) groups excluding carboxylic acids is 2. The van der Waals surface area contributed by atoms with E-state index in [4.69, 9.17) is 14.7 Å². The second kappa shape index (κ2) is 11.3. The summed E-state index contributed by atoms with van der Waals surface area (Å²) in [5.74, 6) is -2.22. The van der Waals surface area contributed by atoms with Crippen LogP contribution in [0.3, 0.4) is 0 Å². The van der Waals surface area contributed by atoms with Crippen molar-refractivity contribution in [2.75, 3.05) is 32.1 Å². The van der Waals surface area contributed by atoms with Gasteiger partial charge in [0.1, 0.15) is 29.9 Å². The highest BCUT2D eigenvalue weighted by Crippen LogP contribution is 2.28. The van der Waals surface area contributed by atoms with Gasteiger partial charge in [-0.25, -0.2) is 8.78 Å². The van der Waals surface area contributed by atoms with Gasteiger partial charge in [-0.1, -0.05) is 12.1 Å². The van der Waals surface area contributed by atoms with Crippen LogP contribution < -0.4 is 14.8 Å². The molecule has 0 radical (unpaired) electrons. The highest BCUT2D eigenvalue weighted by Gasteiger charge is 2.17. The molecule has 162 valence electrons. The van der Waals surface area contributed by atoms with E-state index in [-0.39, 0.29) is 19.7 Å². The minimum atomic E-state index is -0.904. The molecular weight excluding hydrogens is 408 g/mol. The van der Waals surface area contributed by atoms with E-state index >= 15 is 0 Å². The number of halogens is 2. The Balaban J connectivity index is 2.04. The Bertz CT molecular complexity index is 998. The van der Waals surface area contributed by atoms with Crippen molar-refractivity contribution >= 4 is 23.6 Å². The van der Waals surface area contributed by atoms with Gasteiger partial charge in [-0.3, -0.25) is 9.59 Å². The summed E-state index contributed by atoms with van der Waals surface area (Å²) in [7, 11) is 1.45. The number of ether oxygens (including phenoxy) is 2. The Morgan fingerprint density at radius 3 is 2.52 bits per heavy atom. The summed E-state index contributed by atoms with van der Waals surface area (Å²) in [5.41, 5.74) is 0.0702. The van der Waals surface area contributed by atoms with Crippen LogP contribution >= 0.6 is 0 Å². The monoisotopic (exact) mass is 429 g/mol. The maximum atomic E-state index is 13.7. The number of methoxy groups -OCH3 is 1. The van der Waals surface area contributed by atoms with Gasteiger partial charge in [0.2, 0.25) is 11.8 Å². The third-order valence-corrected chi connectivity index (χ3v) is 4.15. The van der Waals surface area contributed by atoms with E-state index in [1.54, 1.807) is 25.1 Å². The predicted molar refractivity (Wildman–Crippen MR) is 110 cm³/mol. The first-order valence-corrected chi connectivity index (χ1v) is 9.28. The number of hydrogen-bond donors (Lipinski definition) is 1. The number of benzene rings is 2. The van der Waals surface area contributed by atoms with Crippen molar-refractivity contribution in [2.45, 2.75) is 6.92 Å². The highest BCUT2D eigenvalue weighted by atomic mass is 19.1. The number of nitrogens with zero attached hydrogens (tertiary/aromatic N) is 2. The maximum absolute atomic E-state index is 13.7. The summed E-state index contributed by atoms with van der Waals surface area (Å²) in [6, 6.07) is 9.99. The fraction of sp³-hybridized carbons (Fsp3) is 0.227. The average molecular weight is 429 g/mol.